The van der Waals surface area contributed by atoms with E-state index in [2.05, 4.69) is 22.6 Å². The van der Waals surface area contributed by atoms with Gasteiger partial charge in [0.25, 0.3) is 0 Å². The first-order chi connectivity index (χ1) is 5.68. The predicted molar refractivity (Wildman–Crippen MR) is 60.6 cm³/mol. The molecule has 2 nitrogen and oxygen atoms in total. The molecule has 1 aromatic heterocycles. The number of nitrogens with two attached hydrogens (primary N) is 1. The summed E-state index contributed by atoms with van der Waals surface area (Å²) in [6.07, 6.45) is 0. The van der Waals surface area contributed by atoms with Crippen LogP contribution < -0.4 is 5.73 Å². The molecule has 3 N–H and O–H groups in total. The van der Waals surface area contributed by atoms with Crippen molar-refractivity contribution in [2.24, 2.45) is 0 Å². The Bertz CT molecular complexity index is 438. The van der Waals surface area contributed by atoms with Crippen molar-refractivity contribution >= 4 is 49.0 Å². The van der Waals surface area contributed by atoms with Crippen LogP contribution in [0.15, 0.2) is 18.2 Å². The molecule has 0 atom stereocenters. The summed E-state index contributed by atoms with van der Waals surface area (Å²) in [5.74, 6) is 0.290. The summed E-state index contributed by atoms with van der Waals surface area (Å²) >= 11 is 3.74. The van der Waals surface area contributed by atoms with Gasteiger partial charge in [-0.1, -0.05) is 0 Å². The van der Waals surface area contributed by atoms with Crippen LogP contribution in [0.3, 0.4) is 0 Å². The second kappa shape index (κ2) is 2.77. The fourth-order valence-electron chi connectivity index (χ4n) is 1.07. The fraction of sp³-hybridized carbons (Fsp3) is 0. The van der Waals surface area contributed by atoms with Crippen LogP contribution in [-0.2, 0) is 0 Å². The molecule has 2 aromatic rings. The summed E-state index contributed by atoms with van der Waals surface area (Å²) in [5, 5.41) is 11.1. The highest BCUT2D eigenvalue weighted by atomic mass is 127. The first kappa shape index (κ1) is 8.12. The lowest BCUT2D eigenvalue weighted by atomic mass is 10.2. The summed E-state index contributed by atoms with van der Waals surface area (Å²) in [5.41, 5.74) is 5.73. The lowest BCUT2D eigenvalue weighted by Gasteiger charge is -1.91. The number of hydrogen-bond donors (Lipinski definition) is 2. The number of fused-ring (bicyclic) bond motifs is 1. The van der Waals surface area contributed by atoms with E-state index in [1.807, 2.05) is 6.07 Å². The zero-order valence-corrected chi connectivity index (χ0v) is 9.02. The summed E-state index contributed by atoms with van der Waals surface area (Å²) in [6, 6.07) is 5.30. The predicted octanol–water partition coefficient (Wildman–Crippen LogP) is 2.79. The van der Waals surface area contributed by atoms with Crippen LogP contribution in [0.5, 0.6) is 5.75 Å². The molecule has 62 valence electrons. The Labute approximate surface area is 87.1 Å². The Hall–Kier alpha value is -0.490. The Kier molecular flexibility index (Phi) is 1.88. The Balaban J connectivity index is 2.88. The Morgan fingerprint density at radius 2 is 2.17 bits per heavy atom. The van der Waals surface area contributed by atoms with Crippen molar-refractivity contribution in [1.82, 2.24) is 0 Å². The molecule has 0 aliphatic carbocycles. The lowest BCUT2D eigenvalue weighted by Crippen LogP contribution is -1.79. The maximum atomic E-state index is 9.22. The quantitative estimate of drug-likeness (QED) is 0.733. The largest absolute Gasteiger partial charge is 0.508 e. The maximum Gasteiger partial charge on any atom is 0.116 e. The van der Waals surface area contributed by atoms with Crippen molar-refractivity contribution in [3.05, 3.63) is 21.8 Å². The zero-order valence-electron chi connectivity index (χ0n) is 6.04. The molecule has 0 amide bonds. The number of anilines is 1. The number of phenols is 1. The van der Waals surface area contributed by atoms with Crippen molar-refractivity contribution in [1.29, 1.82) is 0 Å². The number of nitrogen functional groups attached to an aromatic ring is 1. The van der Waals surface area contributed by atoms with Crippen LogP contribution in [-0.4, -0.2) is 5.11 Å². The number of hydrogen-bond acceptors (Lipinski definition) is 3. The van der Waals surface area contributed by atoms with Gasteiger partial charge in [-0.25, -0.2) is 0 Å². The van der Waals surface area contributed by atoms with Crippen LogP contribution >= 0.6 is 33.9 Å². The molecular formula is C8H6INOS. The van der Waals surface area contributed by atoms with Crippen LogP contribution in [0.2, 0.25) is 0 Å². The first-order valence-corrected chi connectivity index (χ1v) is 5.24. The summed E-state index contributed by atoms with van der Waals surface area (Å²) in [4.78, 5) is 0. The average Bonchev–Trinajstić information content (AvgIpc) is 2.31. The number of halogens is 1. The van der Waals surface area contributed by atoms with Crippen LogP contribution in [0.25, 0.3) is 10.1 Å². The summed E-state index contributed by atoms with van der Waals surface area (Å²) in [6.45, 7) is 0. The third-order valence-electron chi connectivity index (χ3n) is 1.64. The molecule has 0 unspecified atom stereocenters. The number of rotatable bonds is 0. The molecule has 12 heavy (non-hydrogen) atoms. The SMILES string of the molecule is Nc1sc2ccc(O)cc2c1I. The third-order valence-corrected chi connectivity index (χ3v) is 4.16. The topological polar surface area (TPSA) is 46.2 Å². The highest BCUT2D eigenvalue weighted by Crippen LogP contribution is 2.35. The molecule has 0 saturated carbocycles. The van der Waals surface area contributed by atoms with E-state index < -0.39 is 0 Å². The van der Waals surface area contributed by atoms with Gasteiger partial charge in [-0.3, -0.25) is 0 Å². The maximum absolute atomic E-state index is 9.22. The highest BCUT2D eigenvalue weighted by molar-refractivity contribution is 14.1. The van der Waals surface area contributed by atoms with Gasteiger partial charge in [0.15, 0.2) is 0 Å². The van der Waals surface area contributed by atoms with E-state index in [-0.39, 0.29) is 0 Å². The Morgan fingerprint density at radius 1 is 1.42 bits per heavy atom. The van der Waals surface area contributed by atoms with Gasteiger partial charge in [0.05, 0.1) is 3.57 Å². The normalized spacial score (nSPS) is 10.8. The van der Waals surface area contributed by atoms with Crippen LogP contribution in [0.1, 0.15) is 0 Å². The van der Waals surface area contributed by atoms with Crippen molar-refractivity contribution in [2.75, 3.05) is 5.73 Å². The van der Waals surface area contributed by atoms with Crippen molar-refractivity contribution in [3.8, 4) is 5.75 Å². The van der Waals surface area contributed by atoms with Gasteiger partial charge in [-0.2, -0.15) is 0 Å². The van der Waals surface area contributed by atoms with Crippen molar-refractivity contribution in [2.45, 2.75) is 0 Å². The molecule has 0 aliphatic heterocycles. The van der Waals surface area contributed by atoms with Gasteiger partial charge >= 0.3 is 0 Å². The van der Waals surface area contributed by atoms with Gasteiger partial charge in [0.1, 0.15) is 10.8 Å². The fourth-order valence-corrected chi connectivity index (χ4v) is 2.88. The first-order valence-electron chi connectivity index (χ1n) is 3.35. The number of benzene rings is 1. The summed E-state index contributed by atoms with van der Waals surface area (Å²) in [7, 11) is 0. The average molecular weight is 291 g/mol. The van der Waals surface area contributed by atoms with E-state index in [1.54, 1.807) is 23.5 Å². The smallest absolute Gasteiger partial charge is 0.116 e. The van der Waals surface area contributed by atoms with Crippen molar-refractivity contribution in [3.63, 3.8) is 0 Å². The lowest BCUT2D eigenvalue weighted by molar-refractivity contribution is 0.476. The molecule has 0 spiro atoms. The molecule has 0 fully saturated rings. The zero-order chi connectivity index (χ0) is 8.72. The molecule has 0 saturated heterocycles. The molecule has 2 rings (SSSR count). The molecule has 0 aliphatic rings. The second-order valence-corrected chi connectivity index (χ2v) is 4.62. The van der Waals surface area contributed by atoms with Gasteiger partial charge in [0.2, 0.25) is 0 Å². The van der Waals surface area contributed by atoms with Gasteiger partial charge in [-0.05, 0) is 40.8 Å². The molecule has 4 heteroatoms. The van der Waals surface area contributed by atoms with Crippen LogP contribution in [0.4, 0.5) is 5.00 Å². The molecule has 1 aromatic carbocycles. The summed E-state index contributed by atoms with van der Waals surface area (Å²) < 4.78 is 2.15. The second-order valence-electron chi connectivity index (χ2n) is 2.46. The molecular weight excluding hydrogens is 285 g/mol. The Morgan fingerprint density at radius 3 is 2.92 bits per heavy atom. The van der Waals surface area contributed by atoms with Gasteiger partial charge < -0.3 is 10.8 Å². The minimum Gasteiger partial charge on any atom is -0.508 e. The molecule has 1 heterocycles. The number of thiophene rings is 1. The molecule has 0 bridgehead atoms. The monoisotopic (exact) mass is 291 g/mol. The van der Waals surface area contributed by atoms with Crippen LogP contribution in [0, 0.1) is 3.57 Å². The standard InChI is InChI=1S/C8H6INOS/c9-7-5-3-4(11)1-2-6(5)12-8(7)10/h1-3,11H,10H2. The van der Waals surface area contributed by atoms with Gasteiger partial charge in [-0.15, -0.1) is 11.3 Å². The van der Waals surface area contributed by atoms with E-state index in [0.29, 0.717) is 5.75 Å². The van der Waals surface area contributed by atoms with E-state index in [0.717, 1.165) is 18.7 Å². The van der Waals surface area contributed by atoms with E-state index >= 15 is 0 Å². The van der Waals surface area contributed by atoms with E-state index in [4.69, 9.17) is 5.73 Å². The number of aromatic hydroxyl groups is 1. The third kappa shape index (κ3) is 1.15. The van der Waals surface area contributed by atoms with Crippen molar-refractivity contribution < 1.29 is 5.11 Å². The van der Waals surface area contributed by atoms with E-state index in [1.165, 1.54) is 0 Å². The minimum absolute atomic E-state index is 0.290. The van der Waals surface area contributed by atoms with Gasteiger partial charge in [0, 0.05) is 10.1 Å². The van der Waals surface area contributed by atoms with E-state index in [9.17, 15) is 5.11 Å². The minimum atomic E-state index is 0.290. The highest BCUT2D eigenvalue weighted by Gasteiger charge is 2.06. The molecule has 0 radical (unpaired) electrons. The number of phenolic OH excluding ortho intramolecular Hbond substituents is 1.